The topological polar surface area (TPSA) is 120 Å². The number of esters is 1. The molecular weight excluding hydrogens is 528 g/mol. The second-order valence-corrected chi connectivity index (χ2v) is 13.1. The van der Waals surface area contributed by atoms with Gasteiger partial charge >= 0.3 is 16.1 Å². The molecule has 0 fully saturated rings. The number of amides is 1. The Kier molecular flexibility index (Phi) is 7.44. The van der Waals surface area contributed by atoms with E-state index in [2.05, 4.69) is 10.6 Å². The van der Waals surface area contributed by atoms with Crippen molar-refractivity contribution in [1.29, 1.82) is 0 Å². The van der Waals surface area contributed by atoms with Gasteiger partial charge in [0.1, 0.15) is 28.5 Å². The summed E-state index contributed by atoms with van der Waals surface area (Å²) >= 11 is 1.33. The molecule has 3 aromatic rings. The number of carbonyl (C=O) groups is 2. The molecule has 2 aromatic carbocycles. The Morgan fingerprint density at radius 3 is 2.42 bits per heavy atom. The number of hydrogen-bond acceptors (Lipinski definition) is 9. The van der Waals surface area contributed by atoms with E-state index in [0.717, 1.165) is 4.88 Å². The van der Waals surface area contributed by atoms with Gasteiger partial charge in [0.2, 0.25) is 5.91 Å². The van der Waals surface area contributed by atoms with Crippen LogP contribution < -0.4 is 19.6 Å². The summed E-state index contributed by atoms with van der Waals surface area (Å²) in [6.45, 7) is 8.38. The van der Waals surface area contributed by atoms with Crippen molar-refractivity contribution < 1.29 is 31.7 Å². The predicted molar refractivity (Wildman–Crippen MR) is 148 cm³/mol. The lowest BCUT2D eigenvalue weighted by molar-refractivity contribution is -0.119. The molecule has 1 aliphatic heterocycles. The third kappa shape index (κ3) is 5.48. The zero-order valence-electron chi connectivity index (χ0n) is 22.0. The molecule has 0 radical (unpaired) electrons. The second kappa shape index (κ2) is 10.3. The molecule has 0 bridgehead atoms. The zero-order chi connectivity index (χ0) is 27.8. The van der Waals surface area contributed by atoms with Crippen LogP contribution in [0.15, 0.2) is 42.5 Å². The largest absolute Gasteiger partial charge is 0.496 e. The molecule has 0 unspecified atom stereocenters. The standard InChI is InChI=1S/C27H30N2O7S2/c1-15(2)38(32,33)36-17-8-9-19(22(13-17)34-6)18-10-11-21-24(28-26(31)27(4,5)29-21)20(18)14-35-25(30)23-12-7-16(3)37-23/h7-13,15,29H,14H2,1-6H3,(H,28,31). The number of thiophene rings is 1. The number of hydrogen-bond donors (Lipinski definition) is 2. The van der Waals surface area contributed by atoms with Crippen LogP contribution in [0.1, 0.15) is 47.8 Å². The fourth-order valence-corrected chi connectivity index (χ4v) is 5.22. The molecule has 1 aliphatic rings. The third-order valence-corrected chi connectivity index (χ3v) is 8.67. The summed E-state index contributed by atoms with van der Waals surface area (Å²) in [6.07, 6.45) is 0. The van der Waals surface area contributed by atoms with Gasteiger partial charge in [-0.05, 0) is 70.5 Å². The number of ether oxygens (including phenoxy) is 2. The average Bonchev–Trinajstić information content (AvgIpc) is 3.29. The molecule has 0 saturated carbocycles. The minimum Gasteiger partial charge on any atom is -0.496 e. The zero-order valence-corrected chi connectivity index (χ0v) is 23.6. The van der Waals surface area contributed by atoms with E-state index < -0.39 is 26.9 Å². The molecule has 4 rings (SSSR count). The van der Waals surface area contributed by atoms with Gasteiger partial charge in [0, 0.05) is 22.1 Å². The predicted octanol–water partition coefficient (Wildman–Crippen LogP) is 5.35. The van der Waals surface area contributed by atoms with Crippen molar-refractivity contribution in [2.45, 2.75) is 52.0 Å². The second-order valence-electron chi connectivity index (χ2n) is 9.69. The number of carbonyl (C=O) groups excluding carboxylic acids is 2. The number of aryl methyl sites for hydroxylation is 1. The fourth-order valence-electron chi connectivity index (χ4n) is 3.89. The van der Waals surface area contributed by atoms with E-state index in [9.17, 15) is 18.0 Å². The van der Waals surface area contributed by atoms with Crippen molar-refractivity contribution in [2.24, 2.45) is 0 Å². The van der Waals surface area contributed by atoms with Gasteiger partial charge in [0.15, 0.2) is 0 Å². The van der Waals surface area contributed by atoms with Gasteiger partial charge in [-0.15, -0.1) is 11.3 Å². The monoisotopic (exact) mass is 558 g/mol. The number of benzene rings is 2. The highest BCUT2D eigenvalue weighted by Crippen LogP contribution is 2.43. The van der Waals surface area contributed by atoms with E-state index in [1.807, 2.05) is 25.1 Å². The van der Waals surface area contributed by atoms with E-state index in [1.165, 1.54) is 44.4 Å². The summed E-state index contributed by atoms with van der Waals surface area (Å²) in [7, 11) is -2.34. The van der Waals surface area contributed by atoms with Crippen molar-refractivity contribution in [1.82, 2.24) is 0 Å². The quantitative estimate of drug-likeness (QED) is 0.281. The maximum atomic E-state index is 12.8. The minimum atomic E-state index is -3.80. The van der Waals surface area contributed by atoms with Crippen LogP contribution in [0.5, 0.6) is 11.5 Å². The van der Waals surface area contributed by atoms with Crippen molar-refractivity contribution in [3.63, 3.8) is 0 Å². The van der Waals surface area contributed by atoms with Crippen molar-refractivity contribution in [3.05, 3.63) is 57.8 Å². The SMILES string of the molecule is COc1cc(OS(=O)(=O)C(C)C)ccc1-c1ccc2c(c1COC(=O)c1ccc(C)s1)NC(=O)C(C)(C)N2. The van der Waals surface area contributed by atoms with E-state index in [-0.39, 0.29) is 18.3 Å². The summed E-state index contributed by atoms with van der Waals surface area (Å²) in [5.41, 5.74) is 2.13. The smallest absolute Gasteiger partial charge is 0.348 e. The number of rotatable bonds is 8. The number of methoxy groups -OCH3 is 1. The van der Waals surface area contributed by atoms with Crippen LogP contribution in [0.25, 0.3) is 11.1 Å². The lowest BCUT2D eigenvalue weighted by Gasteiger charge is -2.34. The van der Waals surface area contributed by atoms with Gasteiger partial charge in [-0.3, -0.25) is 4.79 Å². The van der Waals surface area contributed by atoms with Gasteiger partial charge in [0.25, 0.3) is 0 Å². The lowest BCUT2D eigenvalue weighted by atomic mass is 9.93. The maximum absolute atomic E-state index is 12.8. The highest BCUT2D eigenvalue weighted by Gasteiger charge is 2.35. The van der Waals surface area contributed by atoms with Crippen molar-refractivity contribution >= 4 is 44.7 Å². The molecular formula is C27H30N2O7S2. The van der Waals surface area contributed by atoms with Gasteiger partial charge in [-0.25, -0.2) is 4.79 Å². The highest BCUT2D eigenvalue weighted by molar-refractivity contribution is 7.87. The molecule has 1 aromatic heterocycles. The molecule has 0 atom stereocenters. The van der Waals surface area contributed by atoms with Crippen LogP contribution in [0.3, 0.4) is 0 Å². The Hall–Kier alpha value is -3.57. The Labute approximate surface area is 226 Å². The van der Waals surface area contributed by atoms with E-state index in [1.54, 1.807) is 26.0 Å². The number of fused-ring (bicyclic) bond motifs is 1. The Morgan fingerprint density at radius 2 is 1.79 bits per heavy atom. The Morgan fingerprint density at radius 1 is 1.08 bits per heavy atom. The first-order valence-corrected chi connectivity index (χ1v) is 14.2. The molecule has 2 N–H and O–H groups in total. The van der Waals surface area contributed by atoms with Crippen LogP contribution in [0, 0.1) is 6.92 Å². The van der Waals surface area contributed by atoms with Crippen LogP contribution in [-0.2, 0) is 26.3 Å². The summed E-state index contributed by atoms with van der Waals surface area (Å²) in [4.78, 5) is 27.0. The molecule has 202 valence electrons. The third-order valence-electron chi connectivity index (χ3n) is 6.11. The van der Waals surface area contributed by atoms with E-state index >= 15 is 0 Å². The first-order valence-electron chi connectivity index (χ1n) is 11.9. The van der Waals surface area contributed by atoms with Crippen LogP contribution in [0.4, 0.5) is 11.4 Å². The minimum absolute atomic E-state index is 0.107. The van der Waals surface area contributed by atoms with Gasteiger partial charge in [-0.2, -0.15) is 8.42 Å². The van der Waals surface area contributed by atoms with Crippen LogP contribution >= 0.6 is 11.3 Å². The van der Waals surface area contributed by atoms with Crippen molar-refractivity contribution in [2.75, 3.05) is 17.7 Å². The molecule has 0 aliphatic carbocycles. The van der Waals surface area contributed by atoms with Crippen LogP contribution in [0.2, 0.25) is 0 Å². The number of nitrogens with one attached hydrogen (secondary N) is 2. The molecule has 1 amide bonds. The molecule has 38 heavy (non-hydrogen) atoms. The molecule has 0 spiro atoms. The van der Waals surface area contributed by atoms with E-state index in [4.69, 9.17) is 13.7 Å². The summed E-state index contributed by atoms with van der Waals surface area (Å²) < 4.78 is 41.0. The summed E-state index contributed by atoms with van der Waals surface area (Å²) in [5.74, 6) is -0.261. The summed E-state index contributed by atoms with van der Waals surface area (Å²) in [6, 6.07) is 11.9. The fraction of sp³-hybridized carbons (Fsp3) is 0.333. The average molecular weight is 559 g/mol. The first-order chi connectivity index (χ1) is 17.8. The van der Waals surface area contributed by atoms with Gasteiger partial charge < -0.3 is 24.3 Å². The Bertz CT molecular complexity index is 1510. The van der Waals surface area contributed by atoms with Crippen LogP contribution in [-0.4, -0.2) is 38.2 Å². The molecule has 11 heteroatoms. The lowest BCUT2D eigenvalue weighted by Crippen LogP contribution is -2.47. The maximum Gasteiger partial charge on any atom is 0.348 e. The van der Waals surface area contributed by atoms with Gasteiger partial charge in [0.05, 0.1) is 23.7 Å². The molecule has 0 saturated heterocycles. The van der Waals surface area contributed by atoms with Crippen molar-refractivity contribution in [3.8, 4) is 22.6 Å². The molecule has 9 nitrogen and oxygen atoms in total. The first kappa shape index (κ1) is 27.5. The van der Waals surface area contributed by atoms with E-state index in [0.29, 0.717) is 38.7 Å². The number of anilines is 2. The molecule has 2 heterocycles. The highest BCUT2D eigenvalue weighted by atomic mass is 32.2. The van der Waals surface area contributed by atoms with Gasteiger partial charge in [-0.1, -0.05) is 6.07 Å². The Balaban J connectivity index is 1.78. The normalized spacial score (nSPS) is 14.3. The summed E-state index contributed by atoms with van der Waals surface area (Å²) in [5, 5.41) is 5.47.